The van der Waals surface area contributed by atoms with Crippen molar-refractivity contribution in [1.29, 1.82) is 0 Å². The summed E-state index contributed by atoms with van der Waals surface area (Å²) in [4.78, 5) is 13.5. The van der Waals surface area contributed by atoms with E-state index in [0.717, 1.165) is 78.9 Å². The summed E-state index contributed by atoms with van der Waals surface area (Å²) in [5, 5.41) is 7.42. The van der Waals surface area contributed by atoms with Gasteiger partial charge in [0.05, 0.1) is 20.3 Å². The molecule has 0 spiro atoms. The zero-order chi connectivity index (χ0) is 29.1. The van der Waals surface area contributed by atoms with Gasteiger partial charge in [0, 0.05) is 42.8 Å². The van der Waals surface area contributed by atoms with Crippen molar-refractivity contribution in [2.24, 2.45) is 0 Å². The maximum atomic E-state index is 9.00. The molecule has 1 N–H and O–H groups in total. The third-order valence-electron chi connectivity index (χ3n) is 6.55. The summed E-state index contributed by atoms with van der Waals surface area (Å²) in [6.07, 6.45) is 7.80. The maximum Gasteiger partial charge on any atom is 0.300 e. The number of carboxylic acid groups (broad SMARTS) is 1. The van der Waals surface area contributed by atoms with Crippen LogP contribution in [-0.4, -0.2) is 48.4 Å². The number of nitrogens with zero attached hydrogens (tertiary/aromatic N) is 1. The van der Waals surface area contributed by atoms with Crippen molar-refractivity contribution in [2.75, 3.05) is 32.3 Å². The molecule has 2 heterocycles. The van der Waals surface area contributed by atoms with Gasteiger partial charge in [-0.05, 0) is 66.5 Å². The van der Waals surface area contributed by atoms with Gasteiger partial charge in [-0.15, -0.1) is 0 Å². The second kappa shape index (κ2) is 15.4. The molecule has 0 amide bonds. The summed E-state index contributed by atoms with van der Waals surface area (Å²) in [7, 11) is 1.73. The zero-order valence-corrected chi connectivity index (χ0v) is 25.2. The Morgan fingerprint density at radius 1 is 1.20 bits per heavy atom. The molecule has 2 aliphatic rings. The monoisotopic (exact) mass is 567 g/mol. The van der Waals surface area contributed by atoms with Gasteiger partial charge in [0.2, 0.25) is 5.88 Å². The summed E-state index contributed by atoms with van der Waals surface area (Å²) in [6.45, 7) is 8.65. The van der Waals surface area contributed by atoms with Gasteiger partial charge in [0.1, 0.15) is 23.4 Å². The standard InChI is InChI=1S/C28H31NO4S.C2H4O2.C2H6/c1-18-14-20(31-11-5-13-34-3)15-26(30-2)28(18)23-7-4-6-22-21(23)8-9-24(22)33-27-16-25-19(17-29-27)10-12-32-25;1-2(3)4;1-2/h4,6-7,14-17,24H,5,8-13H2,1-3H3;1H3,(H,3,4);1-2H3. The fourth-order valence-corrected chi connectivity index (χ4v) is 5.34. The quantitative estimate of drug-likeness (QED) is 0.269. The SMILES string of the molecule is CC.CC(=O)O.COc1cc(OCCCSC)cc(C)c1-c1cccc2c1CCC2Oc1cc2c(cn1)CCO2. The molecule has 0 saturated carbocycles. The smallest absolute Gasteiger partial charge is 0.300 e. The van der Waals surface area contributed by atoms with Crippen LogP contribution in [0.5, 0.6) is 23.1 Å². The van der Waals surface area contributed by atoms with E-state index >= 15 is 0 Å². The van der Waals surface area contributed by atoms with Gasteiger partial charge in [-0.3, -0.25) is 4.79 Å². The highest BCUT2D eigenvalue weighted by Gasteiger charge is 2.29. The van der Waals surface area contributed by atoms with E-state index in [4.69, 9.17) is 28.8 Å². The number of benzene rings is 2. The highest BCUT2D eigenvalue weighted by molar-refractivity contribution is 7.98. The highest BCUT2D eigenvalue weighted by Crippen LogP contribution is 2.44. The predicted molar refractivity (Wildman–Crippen MR) is 161 cm³/mol. The van der Waals surface area contributed by atoms with E-state index in [1.165, 1.54) is 16.7 Å². The number of aliphatic carboxylic acids is 1. The second-order valence-electron chi connectivity index (χ2n) is 9.28. The number of hydrogen-bond acceptors (Lipinski definition) is 7. The molecule has 1 aromatic heterocycles. The fourth-order valence-electron chi connectivity index (χ4n) is 4.93. The van der Waals surface area contributed by atoms with Crippen LogP contribution in [-0.2, 0) is 17.6 Å². The Morgan fingerprint density at radius 2 is 1.98 bits per heavy atom. The Bertz CT molecular complexity index is 1270. The van der Waals surface area contributed by atoms with Crippen LogP contribution >= 0.6 is 11.8 Å². The number of rotatable bonds is 9. The number of pyridine rings is 1. The van der Waals surface area contributed by atoms with Crippen molar-refractivity contribution in [2.45, 2.75) is 59.5 Å². The Morgan fingerprint density at radius 3 is 2.70 bits per heavy atom. The van der Waals surface area contributed by atoms with E-state index in [9.17, 15) is 0 Å². The number of thioether (sulfide) groups is 1. The molecule has 216 valence electrons. The summed E-state index contributed by atoms with van der Waals surface area (Å²) in [5.41, 5.74) is 7.17. The second-order valence-corrected chi connectivity index (χ2v) is 10.3. The number of aromatic nitrogens is 1. The first-order valence-electron chi connectivity index (χ1n) is 13.8. The van der Waals surface area contributed by atoms with Crippen molar-refractivity contribution < 1.29 is 28.8 Å². The van der Waals surface area contributed by atoms with E-state index in [1.54, 1.807) is 7.11 Å². The first kappa shape index (κ1) is 31.1. The minimum absolute atomic E-state index is 0.0211. The molecule has 3 aromatic rings. The van der Waals surface area contributed by atoms with Gasteiger partial charge in [-0.1, -0.05) is 32.0 Å². The Kier molecular flexibility index (Phi) is 12.0. The lowest BCUT2D eigenvalue weighted by Gasteiger charge is -2.18. The Balaban J connectivity index is 0.000000677. The lowest BCUT2D eigenvalue weighted by Crippen LogP contribution is -2.05. The van der Waals surface area contributed by atoms with E-state index in [2.05, 4.69) is 42.4 Å². The van der Waals surface area contributed by atoms with Gasteiger partial charge in [0.25, 0.3) is 5.97 Å². The average Bonchev–Trinajstić information content (AvgIpc) is 3.58. The van der Waals surface area contributed by atoms with Crippen LogP contribution < -0.4 is 18.9 Å². The first-order chi connectivity index (χ1) is 19.4. The fraction of sp³-hybridized carbons (Fsp3) is 0.438. The Labute approximate surface area is 242 Å². The molecule has 0 saturated heterocycles. The Hall–Kier alpha value is -3.39. The molecule has 5 rings (SSSR count). The van der Waals surface area contributed by atoms with E-state index in [1.807, 2.05) is 43.9 Å². The normalized spacial score (nSPS) is 14.4. The van der Waals surface area contributed by atoms with Crippen molar-refractivity contribution in [3.8, 4) is 34.3 Å². The van der Waals surface area contributed by atoms with Crippen molar-refractivity contribution >= 4 is 17.7 Å². The van der Waals surface area contributed by atoms with Crippen LogP contribution in [0.1, 0.15) is 62.0 Å². The van der Waals surface area contributed by atoms with Gasteiger partial charge >= 0.3 is 0 Å². The summed E-state index contributed by atoms with van der Waals surface area (Å²) in [6, 6.07) is 12.5. The lowest BCUT2D eigenvalue weighted by atomic mass is 9.92. The van der Waals surface area contributed by atoms with E-state index in [0.29, 0.717) is 12.5 Å². The zero-order valence-electron chi connectivity index (χ0n) is 24.4. The maximum absolute atomic E-state index is 9.00. The summed E-state index contributed by atoms with van der Waals surface area (Å²) in [5.74, 6) is 3.49. The molecular weight excluding hydrogens is 526 g/mol. The van der Waals surface area contributed by atoms with Crippen LogP contribution in [0.25, 0.3) is 11.1 Å². The lowest BCUT2D eigenvalue weighted by molar-refractivity contribution is -0.134. The van der Waals surface area contributed by atoms with Crippen LogP contribution in [0.3, 0.4) is 0 Å². The van der Waals surface area contributed by atoms with Crippen molar-refractivity contribution in [3.63, 3.8) is 0 Å². The third-order valence-corrected chi connectivity index (χ3v) is 7.25. The summed E-state index contributed by atoms with van der Waals surface area (Å²) < 4.78 is 23.9. The molecule has 1 unspecified atom stereocenters. The van der Waals surface area contributed by atoms with E-state index in [-0.39, 0.29) is 6.10 Å². The molecule has 8 heteroatoms. The number of carbonyl (C=O) groups is 1. The molecular formula is C32H41NO6S. The molecule has 0 bridgehead atoms. The number of methoxy groups -OCH3 is 1. The van der Waals surface area contributed by atoms with Crippen LogP contribution in [0.4, 0.5) is 0 Å². The molecule has 1 aliphatic carbocycles. The molecule has 1 aliphatic heterocycles. The largest absolute Gasteiger partial charge is 0.496 e. The highest BCUT2D eigenvalue weighted by atomic mass is 32.2. The molecule has 0 fully saturated rings. The third kappa shape index (κ3) is 7.84. The molecule has 1 atom stereocenters. The first-order valence-corrected chi connectivity index (χ1v) is 15.2. The average molecular weight is 568 g/mol. The van der Waals surface area contributed by atoms with Crippen LogP contribution in [0, 0.1) is 6.92 Å². The number of ether oxygens (including phenoxy) is 4. The number of hydrogen-bond donors (Lipinski definition) is 1. The minimum atomic E-state index is -0.833. The van der Waals surface area contributed by atoms with Gasteiger partial charge < -0.3 is 24.1 Å². The minimum Gasteiger partial charge on any atom is -0.496 e. The topological polar surface area (TPSA) is 87.1 Å². The van der Waals surface area contributed by atoms with Crippen LogP contribution in [0.2, 0.25) is 0 Å². The van der Waals surface area contributed by atoms with Gasteiger partial charge in [-0.25, -0.2) is 4.98 Å². The molecule has 7 nitrogen and oxygen atoms in total. The molecule has 0 radical (unpaired) electrons. The summed E-state index contributed by atoms with van der Waals surface area (Å²) >= 11 is 1.84. The van der Waals surface area contributed by atoms with E-state index < -0.39 is 5.97 Å². The number of aryl methyl sites for hydroxylation is 1. The molecule has 2 aromatic carbocycles. The van der Waals surface area contributed by atoms with Gasteiger partial charge in [-0.2, -0.15) is 11.8 Å². The van der Waals surface area contributed by atoms with Crippen molar-refractivity contribution in [3.05, 3.63) is 64.8 Å². The predicted octanol–water partition coefficient (Wildman–Crippen LogP) is 7.32. The number of fused-ring (bicyclic) bond motifs is 2. The van der Waals surface area contributed by atoms with Gasteiger partial charge in [0.15, 0.2) is 0 Å². The number of carboxylic acids is 1. The molecule has 40 heavy (non-hydrogen) atoms. The van der Waals surface area contributed by atoms with Crippen LogP contribution in [0.15, 0.2) is 42.6 Å². The van der Waals surface area contributed by atoms with Crippen molar-refractivity contribution in [1.82, 2.24) is 4.98 Å².